The van der Waals surface area contributed by atoms with E-state index >= 15 is 0 Å². The summed E-state index contributed by atoms with van der Waals surface area (Å²) in [6.45, 7) is 3.91. The van der Waals surface area contributed by atoms with Gasteiger partial charge in [0.2, 0.25) is 5.91 Å². The van der Waals surface area contributed by atoms with Crippen molar-refractivity contribution in [1.82, 2.24) is 10.3 Å². The van der Waals surface area contributed by atoms with Crippen LogP contribution in [0.5, 0.6) is 0 Å². The molecule has 1 heterocycles. The SMILES string of the molecule is CC(C)NC(=O)CSc1ccc2ccccc2n1. The van der Waals surface area contributed by atoms with Crippen LogP contribution < -0.4 is 5.32 Å². The van der Waals surface area contributed by atoms with Crippen LogP contribution in [0.2, 0.25) is 0 Å². The molecule has 0 spiro atoms. The van der Waals surface area contributed by atoms with Crippen molar-refractivity contribution in [2.45, 2.75) is 24.9 Å². The molecule has 3 nitrogen and oxygen atoms in total. The van der Waals surface area contributed by atoms with Gasteiger partial charge in [-0.25, -0.2) is 4.98 Å². The molecular weight excluding hydrogens is 244 g/mol. The number of benzene rings is 1. The van der Waals surface area contributed by atoms with Crippen LogP contribution in [0, 0.1) is 0 Å². The maximum absolute atomic E-state index is 11.5. The van der Waals surface area contributed by atoms with Gasteiger partial charge in [0.05, 0.1) is 16.3 Å². The van der Waals surface area contributed by atoms with Gasteiger partial charge in [0.15, 0.2) is 0 Å². The Hall–Kier alpha value is -1.55. The monoisotopic (exact) mass is 260 g/mol. The van der Waals surface area contributed by atoms with E-state index < -0.39 is 0 Å². The molecule has 1 N–H and O–H groups in total. The van der Waals surface area contributed by atoms with Crippen molar-refractivity contribution in [3.05, 3.63) is 36.4 Å². The van der Waals surface area contributed by atoms with Crippen LogP contribution in [-0.2, 0) is 4.79 Å². The first-order chi connectivity index (χ1) is 8.65. The molecular formula is C14H16N2OS. The van der Waals surface area contributed by atoms with Crippen LogP contribution in [0.15, 0.2) is 41.4 Å². The number of amides is 1. The number of nitrogens with zero attached hydrogens (tertiary/aromatic N) is 1. The number of carbonyl (C=O) groups excluding carboxylic acids is 1. The molecule has 0 aliphatic heterocycles. The van der Waals surface area contributed by atoms with Gasteiger partial charge in [0.1, 0.15) is 0 Å². The van der Waals surface area contributed by atoms with Crippen LogP contribution in [0.3, 0.4) is 0 Å². The highest BCUT2D eigenvalue weighted by Gasteiger charge is 2.05. The van der Waals surface area contributed by atoms with E-state index in [2.05, 4.69) is 10.3 Å². The van der Waals surface area contributed by atoms with Gasteiger partial charge in [-0.2, -0.15) is 0 Å². The number of rotatable bonds is 4. The molecule has 0 fully saturated rings. The fourth-order valence-electron chi connectivity index (χ4n) is 1.63. The van der Waals surface area contributed by atoms with Gasteiger partial charge in [-0.1, -0.05) is 36.0 Å². The normalized spacial score (nSPS) is 10.8. The molecule has 94 valence electrons. The summed E-state index contributed by atoms with van der Waals surface area (Å²) in [6, 6.07) is 12.1. The fourth-order valence-corrected chi connectivity index (χ4v) is 2.32. The van der Waals surface area contributed by atoms with Crippen molar-refractivity contribution in [2.24, 2.45) is 0 Å². The van der Waals surface area contributed by atoms with Crippen LogP contribution >= 0.6 is 11.8 Å². The summed E-state index contributed by atoms with van der Waals surface area (Å²) in [7, 11) is 0. The van der Waals surface area contributed by atoms with Crippen LogP contribution in [-0.4, -0.2) is 22.7 Å². The molecule has 2 rings (SSSR count). The number of pyridine rings is 1. The van der Waals surface area contributed by atoms with E-state index in [1.54, 1.807) is 0 Å². The summed E-state index contributed by atoms with van der Waals surface area (Å²) >= 11 is 1.46. The zero-order valence-corrected chi connectivity index (χ0v) is 11.3. The van der Waals surface area contributed by atoms with Gasteiger partial charge in [-0.15, -0.1) is 0 Å². The van der Waals surface area contributed by atoms with E-state index in [1.807, 2.05) is 50.2 Å². The summed E-state index contributed by atoms with van der Waals surface area (Å²) in [6.07, 6.45) is 0. The summed E-state index contributed by atoms with van der Waals surface area (Å²) in [5.41, 5.74) is 0.965. The predicted octanol–water partition coefficient (Wildman–Crippen LogP) is 2.85. The highest BCUT2D eigenvalue weighted by atomic mass is 32.2. The summed E-state index contributed by atoms with van der Waals surface area (Å²) in [5.74, 6) is 0.453. The lowest BCUT2D eigenvalue weighted by atomic mass is 10.2. The molecule has 4 heteroatoms. The van der Waals surface area contributed by atoms with Gasteiger partial charge in [-0.05, 0) is 26.0 Å². The molecule has 0 unspecified atom stereocenters. The topological polar surface area (TPSA) is 42.0 Å². The number of hydrogen-bond acceptors (Lipinski definition) is 3. The molecule has 0 radical (unpaired) electrons. The number of para-hydroxylation sites is 1. The van der Waals surface area contributed by atoms with Crippen molar-refractivity contribution in [2.75, 3.05) is 5.75 Å². The maximum Gasteiger partial charge on any atom is 0.230 e. The third-order valence-electron chi connectivity index (χ3n) is 2.37. The summed E-state index contributed by atoms with van der Waals surface area (Å²) in [5, 5.41) is 4.86. The lowest BCUT2D eigenvalue weighted by molar-refractivity contribution is -0.119. The zero-order valence-electron chi connectivity index (χ0n) is 10.5. The average Bonchev–Trinajstić information content (AvgIpc) is 2.35. The summed E-state index contributed by atoms with van der Waals surface area (Å²) < 4.78 is 0. The molecule has 1 aromatic carbocycles. The van der Waals surface area contributed by atoms with E-state index in [0.717, 1.165) is 15.9 Å². The van der Waals surface area contributed by atoms with E-state index in [1.165, 1.54) is 11.8 Å². The van der Waals surface area contributed by atoms with Gasteiger partial charge >= 0.3 is 0 Å². The number of thioether (sulfide) groups is 1. The highest BCUT2D eigenvalue weighted by molar-refractivity contribution is 7.99. The molecule has 0 aliphatic rings. The molecule has 0 atom stereocenters. The Balaban J connectivity index is 2.01. The number of carbonyl (C=O) groups is 1. The van der Waals surface area contributed by atoms with E-state index in [4.69, 9.17) is 0 Å². The quantitative estimate of drug-likeness (QED) is 0.859. The second kappa shape index (κ2) is 5.87. The minimum Gasteiger partial charge on any atom is -0.353 e. The number of hydrogen-bond donors (Lipinski definition) is 1. The highest BCUT2D eigenvalue weighted by Crippen LogP contribution is 2.19. The molecule has 2 aromatic rings. The standard InChI is InChI=1S/C14H16N2OS/c1-10(2)15-13(17)9-18-14-8-7-11-5-3-4-6-12(11)16-14/h3-8,10H,9H2,1-2H3,(H,15,17). The average molecular weight is 260 g/mol. The zero-order chi connectivity index (χ0) is 13.0. The smallest absolute Gasteiger partial charge is 0.230 e. The molecule has 18 heavy (non-hydrogen) atoms. The van der Waals surface area contributed by atoms with Crippen molar-refractivity contribution in [3.8, 4) is 0 Å². The Morgan fingerprint density at radius 1 is 1.28 bits per heavy atom. The van der Waals surface area contributed by atoms with Crippen LogP contribution in [0.25, 0.3) is 10.9 Å². The van der Waals surface area contributed by atoms with Crippen molar-refractivity contribution in [1.29, 1.82) is 0 Å². The van der Waals surface area contributed by atoms with Crippen LogP contribution in [0.1, 0.15) is 13.8 Å². The first kappa shape index (κ1) is 12.9. The number of nitrogens with one attached hydrogen (secondary N) is 1. The molecule has 0 saturated carbocycles. The van der Waals surface area contributed by atoms with E-state index in [-0.39, 0.29) is 11.9 Å². The first-order valence-corrected chi connectivity index (χ1v) is 6.91. The molecule has 0 aliphatic carbocycles. The minimum atomic E-state index is 0.0463. The molecule has 1 aromatic heterocycles. The Morgan fingerprint density at radius 2 is 2.06 bits per heavy atom. The fraction of sp³-hybridized carbons (Fsp3) is 0.286. The Labute approximate surface area is 111 Å². The minimum absolute atomic E-state index is 0.0463. The molecule has 0 saturated heterocycles. The Kier molecular flexibility index (Phi) is 4.20. The third-order valence-corrected chi connectivity index (χ3v) is 3.30. The lowest BCUT2D eigenvalue weighted by Gasteiger charge is -2.07. The second-order valence-corrected chi connectivity index (χ2v) is 5.35. The Morgan fingerprint density at radius 3 is 2.83 bits per heavy atom. The van der Waals surface area contributed by atoms with Crippen molar-refractivity contribution in [3.63, 3.8) is 0 Å². The van der Waals surface area contributed by atoms with E-state index in [0.29, 0.717) is 5.75 Å². The largest absolute Gasteiger partial charge is 0.353 e. The van der Waals surface area contributed by atoms with Gasteiger partial charge in [0.25, 0.3) is 0 Å². The second-order valence-electron chi connectivity index (χ2n) is 4.35. The van der Waals surface area contributed by atoms with Gasteiger partial charge in [0, 0.05) is 11.4 Å². The first-order valence-electron chi connectivity index (χ1n) is 5.93. The lowest BCUT2D eigenvalue weighted by Crippen LogP contribution is -2.31. The maximum atomic E-state index is 11.5. The van der Waals surface area contributed by atoms with Gasteiger partial charge in [-0.3, -0.25) is 4.79 Å². The van der Waals surface area contributed by atoms with Crippen LogP contribution in [0.4, 0.5) is 0 Å². The number of aromatic nitrogens is 1. The van der Waals surface area contributed by atoms with Crippen molar-refractivity contribution >= 4 is 28.6 Å². The van der Waals surface area contributed by atoms with E-state index in [9.17, 15) is 4.79 Å². The predicted molar refractivity (Wildman–Crippen MR) is 75.7 cm³/mol. The molecule has 0 bridgehead atoms. The van der Waals surface area contributed by atoms with Crippen molar-refractivity contribution < 1.29 is 4.79 Å². The summed E-state index contributed by atoms with van der Waals surface area (Å²) in [4.78, 5) is 16.0. The molecule has 1 amide bonds. The Bertz CT molecular complexity index is 554. The third kappa shape index (κ3) is 3.47. The van der Waals surface area contributed by atoms with Gasteiger partial charge < -0.3 is 5.32 Å². The number of fused-ring (bicyclic) bond motifs is 1.